The maximum Gasteiger partial charge on any atom is 0.318 e. The summed E-state index contributed by atoms with van der Waals surface area (Å²) in [5.41, 5.74) is -1.49. The van der Waals surface area contributed by atoms with Gasteiger partial charge in [0.1, 0.15) is 34.8 Å². The molecule has 0 aliphatic rings. The van der Waals surface area contributed by atoms with Gasteiger partial charge in [-0.05, 0) is 36.4 Å². The highest BCUT2D eigenvalue weighted by atomic mass is 19.1. The van der Waals surface area contributed by atoms with Crippen molar-refractivity contribution in [3.8, 4) is 11.3 Å². The maximum absolute atomic E-state index is 14.1. The standard InChI is InChI=1S/C18H9F4N3O2/c19-9-4-5-10(14(22)8-9)16-11(18(26)25-27)6-7-15(23-16)24-17-12(20)2-1-3-13(17)21/h1-8H,(H,23,24). The van der Waals surface area contributed by atoms with Gasteiger partial charge >= 0.3 is 5.91 Å². The van der Waals surface area contributed by atoms with Crippen LogP contribution in [0.2, 0.25) is 0 Å². The van der Waals surface area contributed by atoms with Crippen molar-refractivity contribution in [2.24, 2.45) is 5.18 Å². The van der Waals surface area contributed by atoms with E-state index in [1.54, 1.807) is 0 Å². The normalized spacial score (nSPS) is 10.5. The van der Waals surface area contributed by atoms with Crippen molar-refractivity contribution < 1.29 is 22.4 Å². The largest absolute Gasteiger partial charge is 0.335 e. The van der Waals surface area contributed by atoms with Crippen molar-refractivity contribution in [1.29, 1.82) is 0 Å². The molecule has 136 valence electrons. The topological polar surface area (TPSA) is 71.4 Å². The number of nitrogens with one attached hydrogen (secondary N) is 1. The summed E-state index contributed by atoms with van der Waals surface area (Å²) in [6, 6.07) is 7.96. The van der Waals surface area contributed by atoms with Gasteiger partial charge in [-0.1, -0.05) is 6.07 Å². The molecule has 3 rings (SSSR count). The molecule has 9 heteroatoms. The number of hydrogen-bond donors (Lipinski definition) is 1. The third kappa shape index (κ3) is 3.66. The average Bonchev–Trinajstić information content (AvgIpc) is 2.64. The Bertz CT molecular complexity index is 1040. The molecule has 0 aliphatic carbocycles. The third-order valence-corrected chi connectivity index (χ3v) is 3.61. The molecule has 1 aromatic heterocycles. The van der Waals surface area contributed by atoms with E-state index in [1.807, 2.05) is 0 Å². The van der Waals surface area contributed by atoms with Gasteiger partial charge < -0.3 is 5.32 Å². The second-order valence-electron chi connectivity index (χ2n) is 5.33. The van der Waals surface area contributed by atoms with Crippen molar-refractivity contribution in [2.45, 2.75) is 0 Å². The van der Waals surface area contributed by atoms with Crippen LogP contribution < -0.4 is 5.32 Å². The number of benzene rings is 2. The summed E-state index contributed by atoms with van der Waals surface area (Å²) in [5, 5.41) is 4.66. The number of anilines is 2. The lowest BCUT2D eigenvalue weighted by molar-refractivity contribution is 0.100. The molecule has 1 heterocycles. The van der Waals surface area contributed by atoms with Gasteiger partial charge in [0.25, 0.3) is 0 Å². The molecule has 0 saturated heterocycles. The molecule has 1 N–H and O–H groups in total. The first-order valence-electron chi connectivity index (χ1n) is 7.46. The van der Waals surface area contributed by atoms with Crippen LogP contribution in [-0.4, -0.2) is 10.9 Å². The van der Waals surface area contributed by atoms with E-state index in [2.05, 4.69) is 15.5 Å². The summed E-state index contributed by atoms with van der Waals surface area (Å²) in [7, 11) is 0. The molecule has 2 aromatic carbocycles. The van der Waals surface area contributed by atoms with Crippen LogP contribution in [0.4, 0.5) is 29.1 Å². The van der Waals surface area contributed by atoms with Gasteiger partial charge in [0.15, 0.2) is 0 Å². The van der Waals surface area contributed by atoms with Gasteiger partial charge in [0.05, 0.1) is 11.3 Å². The fourth-order valence-electron chi connectivity index (χ4n) is 2.38. The zero-order valence-electron chi connectivity index (χ0n) is 13.3. The summed E-state index contributed by atoms with van der Waals surface area (Å²) in [6.07, 6.45) is 0. The SMILES string of the molecule is O=NC(=O)c1ccc(Nc2c(F)cccc2F)nc1-c1ccc(F)cc1F. The molecule has 0 saturated carbocycles. The zero-order chi connectivity index (χ0) is 19.6. The fraction of sp³-hybridized carbons (Fsp3) is 0. The van der Waals surface area contributed by atoms with Crippen molar-refractivity contribution in [2.75, 3.05) is 5.32 Å². The molecule has 27 heavy (non-hydrogen) atoms. The van der Waals surface area contributed by atoms with Gasteiger partial charge in [-0.15, -0.1) is 4.91 Å². The number of nitrogens with zero attached hydrogens (tertiary/aromatic N) is 2. The van der Waals surface area contributed by atoms with Crippen LogP contribution in [-0.2, 0) is 0 Å². The Morgan fingerprint density at radius 3 is 2.26 bits per heavy atom. The number of nitroso groups, excluding NO2 is 1. The molecule has 0 fully saturated rings. The van der Waals surface area contributed by atoms with Gasteiger partial charge in [-0.25, -0.2) is 22.5 Å². The first kappa shape index (κ1) is 18.2. The molecule has 3 aromatic rings. The van der Waals surface area contributed by atoms with Crippen LogP contribution in [0.5, 0.6) is 0 Å². The monoisotopic (exact) mass is 375 g/mol. The maximum atomic E-state index is 14.1. The summed E-state index contributed by atoms with van der Waals surface area (Å²) >= 11 is 0. The van der Waals surface area contributed by atoms with Gasteiger partial charge in [-0.2, -0.15) is 0 Å². The van der Waals surface area contributed by atoms with E-state index in [-0.39, 0.29) is 22.6 Å². The molecule has 1 amide bonds. The van der Waals surface area contributed by atoms with E-state index in [0.717, 1.165) is 36.4 Å². The van der Waals surface area contributed by atoms with Gasteiger partial charge in [-0.3, -0.25) is 4.79 Å². The van der Waals surface area contributed by atoms with Crippen molar-refractivity contribution in [3.05, 3.63) is 82.3 Å². The highest BCUT2D eigenvalue weighted by Crippen LogP contribution is 2.29. The number of hydrogen-bond acceptors (Lipinski definition) is 4. The second-order valence-corrected chi connectivity index (χ2v) is 5.33. The van der Waals surface area contributed by atoms with Crippen LogP contribution in [0, 0.1) is 28.2 Å². The number of carbonyl (C=O) groups excluding carboxylic acids is 1. The molecular formula is C18H9F4N3O2. The second kappa shape index (κ2) is 7.32. The third-order valence-electron chi connectivity index (χ3n) is 3.61. The minimum Gasteiger partial charge on any atom is -0.335 e. The predicted octanol–water partition coefficient (Wildman–Crippen LogP) is 4.96. The summed E-state index contributed by atoms with van der Waals surface area (Å²) < 4.78 is 54.9. The first-order chi connectivity index (χ1) is 12.9. The van der Waals surface area contributed by atoms with E-state index in [4.69, 9.17) is 0 Å². The number of rotatable bonds is 4. The highest BCUT2D eigenvalue weighted by Gasteiger charge is 2.20. The van der Waals surface area contributed by atoms with Gasteiger partial charge in [0, 0.05) is 16.8 Å². The van der Waals surface area contributed by atoms with Crippen LogP contribution in [0.25, 0.3) is 11.3 Å². The Kier molecular flexibility index (Phi) is 4.93. The molecule has 0 unspecified atom stereocenters. The molecule has 0 spiro atoms. The lowest BCUT2D eigenvalue weighted by Gasteiger charge is -2.12. The molecule has 5 nitrogen and oxygen atoms in total. The molecule has 0 radical (unpaired) electrons. The Labute approximate surface area is 149 Å². The quantitative estimate of drug-likeness (QED) is 0.517. The number of amides is 1. The minimum absolute atomic E-state index is 0.139. The van der Waals surface area contributed by atoms with Crippen LogP contribution in [0.3, 0.4) is 0 Å². The lowest BCUT2D eigenvalue weighted by Crippen LogP contribution is -2.05. The fourth-order valence-corrected chi connectivity index (χ4v) is 2.38. The van der Waals surface area contributed by atoms with Gasteiger partial charge in [0.2, 0.25) is 0 Å². The van der Waals surface area contributed by atoms with Crippen LogP contribution in [0.15, 0.2) is 53.7 Å². The lowest BCUT2D eigenvalue weighted by atomic mass is 10.0. The van der Waals surface area contributed by atoms with E-state index in [0.29, 0.717) is 6.07 Å². The Morgan fingerprint density at radius 1 is 0.926 bits per heavy atom. The van der Waals surface area contributed by atoms with Crippen LogP contribution >= 0.6 is 0 Å². The smallest absolute Gasteiger partial charge is 0.318 e. The molecule has 0 aliphatic heterocycles. The predicted molar refractivity (Wildman–Crippen MR) is 89.4 cm³/mol. The zero-order valence-corrected chi connectivity index (χ0v) is 13.3. The van der Waals surface area contributed by atoms with Crippen molar-refractivity contribution in [3.63, 3.8) is 0 Å². The number of carbonyl (C=O) groups is 1. The number of halogens is 4. The van der Waals surface area contributed by atoms with E-state index >= 15 is 0 Å². The van der Waals surface area contributed by atoms with E-state index in [1.165, 1.54) is 6.07 Å². The molecule has 0 bridgehead atoms. The number of para-hydroxylation sites is 1. The van der Waals surface area contributed by atoms with Crippen LogP contribution in [0.1, 0.15) is 10.4 Å². The molecular weight excluding hydrogens is 366 g/mol. The van der Waals surface area contributed by atoms with E-state index < -0.39 is 34.9 Å². The Hall–Kier alpha value is -3.62. The van der Waals surface area contributed by atoms with Crippen molar-refractivity contribution in [1.82, 2.24) is 4.98 Å². The minimum atomic E-state index is -1.23. The average molecular weight is 375 g/mol. The van der Waals surface area contributed by atoms with Crippen molar-refractivity contribution >= 4 is 17.4 Å². The highest BCUT2D eigenvalue weighted by molar-refractivity contribution is 6.00. The number of pyridine rings is 1. The van der Waals surface area contributed by atoms with E-state index in [9.17, 15) is 27.3 Å². The summed E-state index contributed by atoms with van der Waals surface area (Å²) in [4.78, 5) is 26.3. The first-order valence-corrected chi connectivity index (χ1v) is 7.46. The molecule has 0 atom stereocenters. The summed E-state index contributed by atoms with van der Waals surface area (Å²) in [6.45, 7) is 0. The Balaban J connectivity index is 2.14. The summed E-state index contributed by atoms with van der Waals surface area (Å²) in [5.74, 6) is -5.08. The Morgan fingerprint density at radius 2 is 1.63 bits per heavy atom. The number of aromatic nitrogens is 1.